The molecule has 56 valence electrons. The third-order valence-corrected chi connectivity index (χ3v) is 2.15. The zero-order valence-corrected chi connectivity index (χ0v) is 7.79. The fourth-order valence-electron chi connectivity index (χ4n) is 0.702. The zero-order chi connectivity index (χ0) is 8.27. The van der Waals surface area contributed by atoms with E-state index in [2.05, 4.69) is 28.0 Å². The first-order valence-corrected chi connectivity index (χ1v) is 4.02. The van der Waals surface area contributed by atoms with Crippen LogP contribution in [0.3, 0.4) is 0 Å². The summed E-state index contributed by atoms with van der Waals surface area (Å²) in [4.78, 5) is 0. The van der Waals surface area contributed by atoms with E-state index >= 15 is 0 Å². The Bertz CT molecular complexity index is 303. The molecule has 0 aliphatic heterocycles. The number of halogens is 1. The van der Waals surface area contributed by atoms with E-state index in [1.54, 1.807) is 18.2 Å². The van der Waals surface area contributed by atoms with Crippen molar-refractivity contribution < 1.29 is 0 Å². The topological polar surface area (TPSA) is 61.8 Å². The van der Waals surface area contributed by atoms with Crippen molar-refractivity contribution in [1.82, 2.24) is 0 Å². The van der Waals surface area contributed by atoms with E-state index in [0.717, 1.165) is 9.26 Å². The number of nitrogens with two attached hydrogens (primary N) is 1. The van der Waals surface area contributed by atoms with Gasteiger partial charge in [0.15, 0.2) is 0 Å². The number of rotatable bonds is 1. The molecule has 0 spiro atoms. The van der Waals surface area contributed by atoms with Crippen molar-refractivity contribution in [2.45, 2.75) is 0 Å². The van der Waals surface area contributed by atoms with Crippen LogP contribution in [0.4, 0.5) is 5.69 Å². The molecule has 0 fully saturated rings. The molecule has 0 atom stereocenters. The maximum absolute atomic E-state index is 8.52. The Morgan fingerprint density at radius 1 is 1.55 bits per heavy atom. The van der Waals surface area contributed by atoms with Crippen LogP contribution >= 0.6 is 22.6 Å². The second-order valence-corrected chi connectivity index (χ2v) is 3.11. The number of hydrogen-bond acceptors (Lipinski definition) is 3. The highest BCUT2D eigenvalue weighted by Crippen LogP contribution is 2.17. The first kappa shape index (κ1) is 8.30. The summed E-state index contributed by atoms with van der Waals surface area (Å²) in [5, 5.41) is 8.52. The molecule has 0 saturated carbocycles. The van der Waals surface area contributed by atoms with E-state index in [1.165, 1.54) is 0 Å². The molecule has 0 saturated heterocycles. The number of hydrazine groups is 1. The van der Waals surface area contributed by atoms with Crippen molar-refractivity contribution in [2.75, 3.05) is 5.43 Å². The normalized spacial score (nSPS) is 8.82. The van der Waals surface area contributed by atoms with Crippen LogP contribution in [0, 0.1) is 14.9 Å². The fourth-order valence-corrected chi connectivity index (χ4v) is 1.37. The minimum Gasteiger partial charge on any atom is -0.323 e. The fraction of sp³-hybridized carbons (Fsp3) is 0. The lowest BCUT2D eigenvalue weighted by Gasteiger charge is -2.01. The third kappa shape index (κ3) is 1.82. The largest absolute Gasteiger partial charge is 0.323 e. The summed E-state index contributed by atoms with van der Waals surface area (Å²) in [5.41, 5.74) is 4.01. The van der Waals surface area contributed by atoms with Crippen molar-refractivity contribution in [3.05, 3.63) is 27.3 Å². The smallest absolute Gasteiger partial charge is 0.0992 e. The van der Waals surface area contributed by atoms with Crippen LogP contribution in [-0.2, 0) is 0 Å². The summed E-state index contributed by atoms with van der Waals surface area (Å²) in [6.07, 6.45) is 0. The molecule has 1 aromatic rings. The lowest BCUT2D eigenvalue weighted by molar-refractivity contribution is 1.33. The molecule has 0 heterocycles. The van der Waals surface area contributed by atoms with E-state index < -0.39 is 0 Å². The van der Waals surface area contributed by atoms with Gasteiger partial charge in [0.05, 0.1) is 17.3 Å². The van der Waals surface area contributed by atoms with Gasteiger partial charge in [-0.05, 0) is 40.8 Å². The monoisotopic (exact) mass is 259 g/mol. The average Bonchev–Trinajstić information content (AvgIpc) is 2.04. The number of anilines is 1. The third-order valence-electron chi connectivity index (χ3n) is 1.25. The average molecular weight is 259 g/mol. The Kier molecular flexibility index (Phi) is 2.68. The molecule has 0 bridgehead atoms. The number of benzene rings is 1. The minimum atomic E-state index is 0.647. The Balaban J connectivity index is 3.12. The minimum absolute atomic E-state index is 0.647. The molecule has 1 aromatic carbocycles. The van der Waals surface area contributed by atoms with Crippen molar-refractivity contribution in [1.29, 1.82) is 5.26 Å². The predicted molar refractivity (Wildman–Crippen MR) is 51.7 cm³/mol. The van der Waals surface area contributed by atoms with Crippen molar-refractivity contribution in [3.63, 3.8) is 0 Å². The Morgan fingerprint density at radius 3 is 2.73 bits per heavy atom. The summed E-state index contributed by atoms with van der Waals surface area (Å²) >= 11 is 2.12. The molecule has 0 aliphatic carbocycles. The number of nitrogens with zero attached hydrogens (tertiary/aromatic N) is 1. The molecule has 0 amide bonds. The maximum atomic E-state index is 8.52. The second kappa shape index (κ2) is 3.55. The molecule has 0 unspecified atom stereocenters. The first-order chi connectivity index (χ1) is 5.27. The highest BCUT2D eigenvalue weighted by molar-refractivity contribution is 14.1. The van der Waals surface area contributed by atoms with Crippen LogP contribution in [0.2, 0.25) is 0 Å². The van der Waals surface area contributed by atoms with Gasteiger partial charge >= 0.3 is 0 Å². The van der Waals surface area contributed by atoms with Gasteiger partial charge in [-0.2, -0.15) is 5.26 Å². The molecule has 11 heavy (non-hydrogen) atoms. The van der Waals surface area contributed by atoms with E-state index in [0.29, 0.717) is 5.56 Å². The highest BCUT2D eigenvalue weighted by atomic mass is 127. The van der Waals surface area contributed by atoms with Crippen LogP contribution in [-0.4, -0.2) is 0 Å². The van der Waals surface area contributed by atoms with Gasteiger partial charge in [-0.15, -0.1) is 0 Å². The van der Waals surface area contributed by atoms with Crippen molar-refractivity contribution >= 4 is 28.3 Å². The van der Waals surface area contributed by atoms with Gasteiger partial charge in [-0.1, -0.05) is 0 Å². The lowest BCUT2D eigenvalue weighted by atomic mass is 10.2. The summed E-state index contributed by atoms with van der Waals surface area (Å²) < 4.78 is 0.948. The van der Waals surface area contributed by atoms with Gasteiger partial charge in [-0.25, -0.2) is 0 Å². The first-order valence-electron chi connectivity index (χ1n) is 2.94. The van der Waals surface area contributed by atoms with E-state index in [1.807, 2.05) is 6.07 Å². The van der Waals surface area contributed by atoms with Crippen LogP contribution in [0.15, 0.2) is 18.2 Å². The summed E-state index contributed by atoms with van der Waals surface area (Å²) in [6, 6.07) is 7.32. The molecule has 3 N–H and O–H groups in total. The summed E-state index contributed by atoms with van der Waals surface area (Å²) in [5.74, 6) is 5.20. The quantitative estimate of drug-likeness (QED) is 0.456. The van der Waals surface area contributed by atoms with Gasteiger partial charge in [0, 0.05) is 3.57 Å². The predicted octanol–water partition coefficient (Wildman–Crippen LogP) is 1.45. The number of nitrogen functional groups attached to an aromatic ring is 1. The van der Waals surface area contributed by atoms with Gasteiger partial charge < -0.3 is 5.43 Å². The molecular weight excluding hydrogens is 253 g/mol. The molecule has 0 aliphatic rings. The van der Waals surface area contributed by atoms with E-state index in [4.69, 9.17) is 11.1 Å². The van der Waals surface area contributed by atoms with Crippen molar-refractivity contribution in [2.24, 2.45) is 5.84 Å². The molecule has 3 nitrogen and oxygen atoms in total. The van der Waals surface area contributed by atoms with Gasteiger partial charge in [-0.3, -0.25) is 5.84 Å². The Hall–Kier alpha value is -0.800. The SMILES string of the molecule is N#Cc1ccc(NN)c(I)c1. The Labute approximate surface area is 78.3 Å². The van der Waals surface area contributed by atoms with E-state index in [-0.39, 0.29) is 0 Å². The molecule has 1 rings (SSSR count). The molecule has 0 radical (unpaired) electrons. The standard InChI is InChI=1S/C7H6IN3/c8-6-3-5(4-9)1-2-7(6)11-10/h1-3,11H,10H2. The van der Waals surface area contributed by atoms with Crippen LogP contribution in [0.1, 0.15) is 5.56 Å². The maximum Gasteiger partial charge on any atom is 0.0992 e. The molecule has 4 heteroatoms. The van der Waals surface area contributed by atoms with E-state index in [9.17, 15) is 0 Å². The number of hydrogen-bond donors (Lipinski definition) is 2. The van der Waals surface area contributed by atoms with Crippen LogP contribution in [0.25, 0.3) is 0 Å². The lowest BCUT2D eigenvalue weighted by Crippen LogP contribution is -2.07. The summed E-state index contributed by atoms with van der Waals surface area (Å²) in [6.45, 7) is 0. The molecular formula is C7H6IN3. The highest BCUT2D eigenvalue weighted by Gasteiger charge is 1.97. The molecule has 0 aromatic heterocycles. The van der Waals surface area contributed by atoms with Crippen LogP contribution in [0.5, 0.6) is 0 Å². The summed E-state index contributed by atoms with van der Waals surface area (Å²) in [7, 11) is 0. The van der Waals surface area contributed by atoms with Gasteiger partial charge in [0.1, 0.15) is 0 Å². The van der Waals surface area contributed by atoms with Gasteiger partial charge in [0.2, 0.25) is 0 Å². The zero-order valence-electron chi connectivity index (χ0n) is 5.63. The second-order valence-electron chi connectivity index (χ2n) is 1.95. The van der Waals surface area contributed by atoms with Crippen LogP contribution < -0.4 is 11.3 Å². The van der Waals surface area contributed by atoms with Gasteiger partial charge in [0.25, 0.3) is 0 Å². The van der Waals surface area contributed by atoms with Crippen molar-refractivity contribution in [3.8, 4) is 6.07 Å². The number of nitrogens with one attached hydrogen (secondary N) is 1. The Morgan fingerprint density at radius 2 is 2.27 bits per heavy atom. The number of nitriles is 1.